The van der Waals surface area contributed by atoms with Gasteiger partial charge >= 0.3 is 11.9 Å². The van der Waals surface area contributed by atoms with Crippen LogP contribution in [0.2, 0.25) is 0 Å². The third-order valence-corrected chi connectivity index (χ3v) is 7.27. The number of sulfonamides is 1. The Morgan fingerprint density at radius 2 is 1.26 bits per heavy atom. The van der Waals surface area contributed by atoms with Gasteiger partial charge in [0, 0.05) is 44.1 Å². The first-order valence-corrected chi connectivity index (χ1v) is 12.5. The number of anilines is 2. The highest BCUT2D eigenvalue weighted by molar-refractivity contribution is 7.92. The Balaban J connectivity index is 1.32. The molecule has 182 valence electrons. The normalized spacial score (nSPS) is 14.5. The molecule has 0 aromatic heterocycles. The van der Waals surface area contributed by atoms with Crippen molar-refractivity contribution in [2.24, 2.45) is 0 Å². The van der Waals surface area contributed by atoms with Gasteiger partial charge in [-0.15, -0.1) is 0 Å². The molecule has 0 spiro atoms. The van der Waals surface area contributed by atoms with E-state index in [4.69, 9.17) is 10.2 Å². The molecule has 0 bridgehead atoms. The SMILES string of the molecule is O=C(O)c1ccc(CN2CCN(c3ccc(NS(=O)(=O)c4ccc(C(=O)O)cc4)cc3)CC2)cc1. The third kappa shape index (κ3) is 5.97. The van der Waals surface area contributed by atoms with Crippen LogP contribution in [0, 0.1) is 0 Å². The zero-order valence-corrected chi connectivity index (χ0v) is 19.6. The molecule has 1 aliphatic rings. The molecule has 1 aliphatic heterocycles. The Kier molecular flexibility index (Phi) is 7.04. The summed E-state index contributed by atoms with van der Waals surface area (Å²) in [4.78, 5) is 26.5. The maximum atomic E-state index is 12.6. The van der Waals surface area contributed by atoms with Gasteiger partial charge in [-0.2, -0.15) is 0 Å². The van der Waals surface area contributed by atoms with Crippen molar-refractivity contribution < 1.29 is 28.2 Å². The van der Waals surface area contributed by atoms with E-state index in [2.05, 4.69) is 14.5 Å². The smallest absolute Gasteiger partial charge is 0.335 e. The highest BCUT2D eigenvalue weighted by Gasteiger charge is 2.19. The van der Waals surface area contributed by atoms with Crippen LogP contribution in [0.5, 0.6) is 0 Å². The van der Waals surface area contributed by atoms with Crippen molar-refractivity contribution >= 4 is 33.3 Å². The molecular formula is C25H25N3O6S. The Morgan fingerprint density at radius 1 is 0.743 bits per heavy atom. The summed E-state index contributed by atoms with van der Waals surface area (Å²) in [6.45, 7) is 4.08. The summed E-state index contributed by atoms with van der Waals surface area (Å²) in [5.74, 6) is -2.05. The second-order valence-electron chi connectivity index (χ2n) is 8.25. The molecule has 0 saturated carbocycles. The van der Waals surface area contributed by atoms with Gasteiger partial charge in [0.15, 0.2) is 0 Å². The van der Waals surface area contributed by atoms with Crippen LogP contribution in [0.25, 0.3) is 0 Å². The molecular weight excluding hydrogens is 470 g/mol. The number of aromatic carboxylic acids is 2. The molecule has 1 saturated heterocycles. The van der Waals surface area contributed by atoms with Crippen molar-refractivity contribution in [2.75, 3.05) is 35.8 Å². The average Bonchev–Trinajstić information content (AvgIpc) is 2.85. The molecule has 4 rings (SSSR count). The Morgan fingerprint density at radius 3 is 1.77 bits per heavy atom. The zero-order valence-electron chi connectivity index (χ0n) is 18.8. The minimum absolute atomic E-state index is 0.0136. The number of rotatable bonds is 8. The van der Waals surface area contributed by atoms with E-state index in [9.17, 15) is 18.0 Å². The number of hydrogen-bond acceptors (Lipinski definition) is 6. The number of carbonyl (C=O) groups is 2. The summed E-state index contributed by atoms with van der Waals surface area (Å²) >= 11 is 0. The van der Waals surface area contributed by atoms with Crippen LogP contribution in [0.15, 0.2) is 77.7 Å². The van der Waals surface area contributed by atoms with Crippen molar-refractivity contribution in [2.45, 2.75) is 11.4 Å². The summed E-state index contributed by atoms with van der Waals surface area (Å²) in [6.07, 6.45) is 0. The number of benzene rings is 3. The van der Waals surface area contributed by atoms with E-state index in [1.54, 1.807) is 24.3 Å². The molecule has 0 atom stereocenters. The molecule has 3 N–H and O–H groups in total. The summed E-state index contributed by atoms with van der Waals surface area (Å²) < 4.78 is 27.7. The second-order valence-corrected chi connectivity index (χ2v) is 9.93. The molecule has 10 heteroatoms. The fourth-order valence-corrected chi connectivity index (χ4v) is 4.96. The number of nitrogens with one attached hydrogen (secondary N) is 1. The Labute approximate surface area is 203 Å². The van der Waals surface area contributed by atoms with Gasteiger partial charge < -0.3 is 15.1 Å². The van der Waals surface area contributed by atoms with E-state index >= 15 is 0 Å². The van der Waals surface area contributed by atoms with Crippen molar-refractivity contribution in [3.8, 4) is 0 Å². The molecule has 0 aliphatic carbocycles. The Hall–Kier alpha value is -3.89. The van der Waals surface area contributed by atoms with E-state index in [0.717, 1.165) is 44.0 Å². The van der Waals surface area contributed by atoms with Gasteiger partial charge in [0.1, 0.15) is 0 Å². The summed E-state index contributed by atoms with van der Waals surface area (Å²) in [5.41, 5.74) is 2.77. The molecule has 0 unspecified atom stereocenters. The van der Waals surface area contributed by atoms with Gasteiger partial charge in [0.25, 0.3) is 10.0 Å². The Bertz CT molecular complexity index is 1300. The van der Waals surface area contributed by atoms with Crippen molar-refractivity contribution in [1.29, 1.82) is 0 Å². The molecule has 1 fully saturated rings. The maximum Gasteiger partial charge on any atom is 0.335 e. The van der Waals surface area contributed by atoms with E-state index in [1.807, 2.05) is 24.3 Å². The predicted octanol–water partition coefficient (Wildman–Crippen LogP) is 3.21. The van der Waals surface area contributed by atoms with Crippen LogP contribution in [0.4, 0.5) is 11.4 Å². The first-order chi connectivity index (χ1) is 16.7. The predicted molar refractivity (Wildman–Crippen MR) is 132 cm³/mol. The van der Waals surface area contributed by atoms with Crippen LogP contribution in [-0.4, -0.2) is 61.6 Å². The number of hydrogen-bond donors (Lipinski definition) is 3. The lowest BCUT2D eigenvalue weighted by atomic mass is 10.1. The molecule has 1 heterocycles. The standard InChI is InChI=1S/C25H25N3O6S/c29-24(30)19-3-1-18(2-4-19)17-27-13-15-28(16-14-27)22-9-7-21(8-10-22)26-35(33,34)23-11-5-20(6-12-23)25(31)32/h1-12,26H,13-17H2,(H,29,30)(H,31,32). The van der Waals surface area contributed by atoms with Gasteiger partial charge in [-0.1, -0.05) is 12.1 Å². The third-order valence-electron chi connectivity index (χ3n) is 5.88. The van der Waals surface area contributed by atoms with Crippen LogP contribution in [0.1, 0.15) is 26.3 Å². The van der Waals surface area contributed by atoms with Crippen LogP contribution in [0.3, 0.4) is 0 Å². The van der Waals surface area contributed by atoms with Gasteiger partial charge in [0.2, 0.25) is 0 Å². The average molecular weight is 496 g/mol. The van der Waals surface area contributed by atoms with Crippen LogP contribution >= 0.6 is 0 Å². The monoisotopic (exact) mass is 495 g/mol. The van der Waals surface area contributed by atoms with Crippen molar-refractivity contribution in [3.63, 3.8) is 0 Å². The molecule has 9 nitrogen and oxygen atoms in total. The van der Waals surface area contributed by atoms with Crippen molar-refractivity contribution in [3.05, 3.63) is 89.5 Å². The van der Waals surface area contributed by atoms with Crippen molar-refractivity contribution in [1.82, 2.24) is 4.90 Å². The van der Waals surface area contributed by atoms with E-state index in [-0.39, 0.29) is 16.0 Å². The highest BCUT2D eigenvalue weighted by atomic mass is 32.2. The highest BCUT2D eigenvalue weighted by Crippen LogP contribution is 2.22. The molecule has 3 aromatic carbocycles. The van der Waals surface area contributed by atoms with Gasteiger partial charge in [0.05, 0.1) is 16.0 Å². The lowest BCUT2D eigenvalue weighted by molar-refractivity contribution is 0.0686. The van der Waals surface area contributed by atoms with E-state index in [0.29, 0.717) is 5.69 Å². The summed E-state index contributed by atoms with van der Waals surface area (Å²) in [5, 5.41) is 18.0. The number of carboxylic acid groups (broad SMARTS) is 2. The van der Waals surface area contributed by atoms with Gasteiger partial charge in [-0.25, -0.2) is 18.0 Å². The molecule has 0 amide bonds. The number of piperazine rings is 1. The fourth-order valence-electron chi connectivity index (χ4n) is 3.91. The fraction of sp³-hybridized carbons (Fsp3) is 0.200. The summed E-state index contributed by atoms with van der Waals surface area (Å²) in [7, 11) is -3.83. The first-order valence-electron chi connectivity index (χ1n) is 11.0. The lowest BCUT2D eigenvalue weighted by Gasteiger charge is -2.36. The second kappa shape index (κ2) is 10.2. The molecule has 35 heavy (non-hydrogen) atoms. The minimum atomic E-state index is -3.83. The zero-order chi connectivity index (χ0) is 25.0. The minimum Gasteiger partial charge on any atom is -0.478 e. The first kappa shape index (κ1) is 24.2. The van der Waals surface area contributed by atoms with Crippen LogP contribution in [-0.2, 0) is 16.6 Å². The van der Waals surface area contributed by atoms with Crippen LogP contribution < -0.4 is 9.62 Å². The topological polar surface area (TPSA) is 127 Å². The summed E-state index contributed by atoms with van der Waals surface area (Å²) in [6, 6.07) is 19.1. The largest absolute Gasteiger partial charge is 0.478 e. The molecule has 3 aromatic rings. The molecule has 0 radical (unpaired) electrons. The van der Waals surface area contributed by atoms with E-state index < -0.39 is 22.0 Å². The number of carboxylic acids is 2. The van der Waals surface area contributed by atoms with Gasteiger partial charge in [-0.05, 0) is 66.2 Å². The number of nitrogens with zero attached hydrogens (tertiary/aromatic N) is 2. The quantitative estimate of drug-likeness (QED) is 0.435. The van der Waals surface area contributed by atoms with Gasteiger partial charge in [-0.3, -0.25) is 9.62 Å². The van der Waals surface area contributed by atoms with E-state index in [1.165, 1.54) is 24.3 Å². The maximum absolute atomic E-state index is 12.6. The lowest BCUT2D eigenvalue weighted by Crippen LogP contribution is -2.45.